The predicted octanol–water partition coefficient (Wildman–Crippen LogP) is 4.04. The van der Waals surface area contributed by atoms with Crippen LogP contribution >= 0.6 is 11.8 Å². The van der Waals surface area contributed by atoms with Gasteiger partial charge in [-0.15, -0.1) is 11.8 Å². The van der Waals surface area contributed by atoms with E-state index in [4.69, 9.17) is 0 Å². The van der Waals surface area contributed by atoms with Crippen LogP contribution < -0.4 is 0 Å². The van der Waals surface area contributed by atoms with E-state index in [1.165, 1.54) is 4.91 Å². The van der Waals surface area contributed by atoms with Crippen LogP contribution in [0.5, 0.6) is 0 Å². The molecular weight excluding hydrogens is 323 g/mol. The molecule has 4 rings (SSSR count). The Morgan fingerprint density at radius 3 is 2.92 bits per heavy atom. The molecule has 0 amide bonds. The minimum atomic E-state index is -0.936. The summed E-state index contributed by atoms with van der Waals surface area (Å²) >= 11 is 1.81. The van der Waals surface area contributed by atoms with Crippen molar-refractivity contribution in [3.63, 3.8) is 0 Å². The third-order valence-electron chi connectivity index (χ3n) is 4.06. The molecule has 1 unspecified atom stereocenters. The molecule has 0 spiro atoms. The first kappa shape index (κ1) is 15.3. The summed E-state index contributed by atoms with van der Waals surface area (Å²) in [6.45, 7) is 0.450. The van der Waals surface area contributed by atoms with Crippen molar-refractivity contribution in [1.82, 2.24) is 19.7 Å². The maximum absolute atomic E-state index is 14.2. The van der Waals surface area contributed by atoms with E-state index in [1.807, 2.05) is 40.7 Å². The molecule has 1 atom stereocenters. The Morgan fingerprint density at radius 2 is 2.17 bits per heavy atom. The first-order valence-corrected chi connectivity index (χ1v) is 8.98. The number of halogens is 1. The van der Waals surface area contributed by atoms with Gasteiger partial charge in [-0.25, -0.2) is 14.4 Å². The lowest BCUT2D eigenvalue weighted by Crippen LogP contribution is -2.15. The van der Waals surface area contributed by atoms with Gasteiger partial charge in [-0.2, -0.15) is 5.10 Å². The van der Waals surface area contributed by atoms with E-state index in [9.17, 15) is 4.39 Å². The van der Waals surface area contributed by atoms with Crippen molar-refractivity contribution in [2.45, 2.75) is 25.6 Å². The quantitative estimate of drug-likeness (QED) is 0.842. The number of allylic oxidation sites excluding steroid dienone is 5. The highest BCUT2D eigenvalue weighted by Gasteiger charge is 2.21. The van der Waals surface area contributed by atoms with E-state index in [0.29, 0.717) is 18.8 Å². The average molecular weight is 340 g/mol. The molecular formula is C18H17FN4S. The first-order valence-electron chi connectivity index (χ1n) is 7.99. The maximum Gasteiger partial charge on any atom is 0.180 e. The summed E-state index contributed by atoms with van der Waals surface area (Å²) in [4.78, 5) is 9.76. The molecule has 4 nitrogen and oxygen atoms in total. The van der Waals surface area contributed by atoms with Crippen LogP contribution in [0, 0.1) is 0 Å². The average Bonchev–Trinajstić information content (AvgIpc) is 3.27. The summed E-state index contributed by atoms with van der Waals surface area (Å²) in [6.07, 6.45) is 11.8. The monoisotopic (exact) mass is 340 g/mol. The van der Waals surface area contributed by atoms with Gasteiger partial charge in [0.05, 0.1) is 12.2 Å². The molecule has 0 saturated heterocycles. The molecule has 2 aromatic rings. The second kappa shape index (κ2) is 6.73. The summed E-state index contributed by atoms with van der Waals surface area (Å²) in [5, 5.41) is 4.66. The summed E-state index contributed by atoms with van der Waals surface area (Å²) in [6, 6.07) is 3.79. The van der Waals surface area contributed by atoms with Crippen molar-refractivity contribution in [2.24, 2.45) is 0 Å². The lowest BCUT2D eigenvalue weighted by Gasteiger charge is -2.16. The fraction of sp³-hybridized carbons (Fsp3) is 0.278. The lowest BCUT2D eigenvalue weighted by molar-refractivity contribution is 0.365. The summed E-state index contributed by atoms with van der Waals surface area (Å²) in [5.41, 5.74) is 2.50. The smallest absolute Gasteiger partial charge is 0.180 e. The van der Waals surface area contributed by atoms with Crippen molar-refractivity contribution >= 4 is 16.7 Å². The van der Waals surface area contributed by atoms with E-state index in [0.717, 1.165) is 29.1 Å². The molecule has 0 bridgehead atoms. The fourth-order valence-electron chi connectivity index (χ4n) is 2.84. The van der Waals surface area contributed by atoms with Crippen molar-refractivity contribution in [3.8, 4) is 11.5 Å². The van der Waals surface area contributed by atoms with Crippen LogP contribution in [0.15, 0.2) is 54.4 Å². The first-order chi connectivity index (χ1) is 11.8. The topological polar surface area (TPSA) is 43.6 Å². The van der Waals surface area contributed by atoms with E-state index in [-0.39, 0.29) is 0 Å². The standard InChI is InChI=1S/C18H17FN4S/c19-14-6-2-1-5-13(14)12-23-16(17-7-3-10-24-17)11-15(22-23)18-20-8-4-9-21-18/h1-2,4-5,7-9,11,14H,3,6,10,12H2. The van der Waals surface area contributed by atoms with Crippen molar-refractivity contribution in [3.05, 3.63) is 60.1 Å². The Hall–Kier alpha value is -2.21. The van der Waals surface area contributed by atoms with Gasteiger partial charge in [-0.1, -0.05) is 24.3 Å². The Kier molecular flexibility index (Phi) is 4.30. The van der Waals surface area contributed by atoms with Crippen LogP contribution in [0.4, 0.5) is 4.39 Å². The highest BCUT2D eigenvalue weighted by atomic mass is 32.2. The maximum atomic E-state index is 14.2. The van der Waals surface area contributed by atoms with E-state index < -0.39 is 6.17 Å². The number of aromatic nitrogens is 4. The Bertz CT molecular complexity index is 823. The molecule has 1 aliphatic carbocycles. The number of nitrogens with zero attached hydrogens (tertiary/aromatic N) is 4. The normalized spacial score (nSPS) is 20.1. The van der Waals surface area contributed by atoms with Crippen LogP contribution in [0.1, 0.15) is 18.5 Å². The SMILES string of the molecule is FC1CC=CC=C1Cn1nc(-c2ncccn2)cc1C1=CCCS1. The summed E-state index contributed by atoms with van der Waals surface area (Å²) in [5.74, 6) is 1.67. The Balaban J connectivity index is 1.72. The fourth-order valence-corrected chi connectivity index (χ4v) is 3.85. The van der Waals surface area contributed by atoms with Crippen LogP contribution in [0.2, 0.25) is 0 Å². The van der Waals surface area contributed by atoms with E-state index in [1.54, 1.807) is 18.5 Å². The predicted molar refractivity (Wildman–Crippen MR) is 95.0 cm³/mol. The Morgan fingerprint density at radius 1 is 1.29 bits per heavy atom. The zero-order valence-electron chi connectivity index (χ0n) is 13.1. The second-order valence-corrected chi connectivity index (χ2v) is 6.86. The van der Waals surface area contributed by atoms with Crippen LogP contribution in [0.3, 0.4) is 0 Å². The highest BCUT2D eigenvalue weighted by Crippen LogP contribution is 2.35. The van der Waals surface area contributed by atoms with Gasteiger partial charge < -0.3 is 0 Å². The molecule has 24 heavy (non-hydrogen) atoms. The largest absolute Gasteiger partial charge is 0.259 e. The van der Waals surface area contributed by atoms with Gasteiger partial charge in [0.2, 0.25) is 0 Å². The second-order valence-electron chi connectivity index (χ2n) is 5.72. The van der Waals surface area contributed by atoms with Crippen LogP contribution in [-0.2, 0) is 6.54 Å². The minimum Gasteiger partial charge on any atom is -0.259 e. The zero-order chi connectivity index (χ0) is 16.4. The molecule has 1 aliphatic heterocycles. The van der Waals surface area contributed by atoms with Gasteiger partial charge in [-0.05, 0) is 24.1 Å². The molecule has 0 aromatic carbocycles. The number of hydrogen-bond acceptors (Lipinski definition) is 4. The molecule has 0 saturated carbocycles. The minimum absolute atomic E-state index is 0.439. The van der Waals surface area contributed by atoms with Gasteiger partial charge in [0.1, 0.15) is 11.9 Å². The van der Waals surface area contributed by atoms with E-state index >= 15 is 0 Å². The van der Waals surface area contributed by atoms with Crippen molar-refractivity contribution in [1.29, 1.82) is 0 Å². The van der Waals surface area contributed by atoms with E-state index in [2.05, 4.69) is 21.1 Å². The zero-order valence-corrected chi connectivity index (χ0v) is 13.9. The van der Waals surface area contributed by atoms with Crippen molar-refractivity contribution in [2.75, 3.05) is 5.75 Å². The van der Waals surface area contributed by atoms with Gasteiger partial charge in [-0.3, -0.25) is 4.68 Å². The number of hydrogen-bond donors (Lipinski definition) is 0. The Labute approximate surface area is 144 Å². The third-order valence-corrected chi connectivity index (χ3v) is 5.18. The van der Waals surface area contributed by atoms with Crippen LogP contribution in [-0.4, -0.2) is 31.7 Å². The molecule has 122 valence electrons. The number of alkyl halides is 1. The molecule has 0 radical (unpaired) electrons. The van der Waals surface area contributed by atoms with Gasteiger partial charge in [0.15, 0.2) is 5.82 Å². The molecule has 2 aromatic heterocycles. The van der Waals surface area contributed by atoms with Crippen LogP contribution in [0.25, 0.3) is 16.4 Å². The summed E-state index contributed by atoms with van der Waals surface area (Å²) in [7, 11) is 0. The molecule has 3 heterocycles. The molecule has 6 heteroatoms. The molecule has 2 aliphatic rings. The number of thioether (sulfide) groups is 1. The third kappa shape index (κ3) is 3.06. The summed E-state index contributed by atoms with van der Waals surface area (Å²) < 4.78 is 16.0. The van der Waals surface area contributed by atoms with Gasteiger partial charge in [0, 0.05) is 29.5 Å². The number of rotatable bonds is 4. The highest BCUT2D eigenvalue weighted by molar-refractivity contribution is 8.08. The molecule has 0 fully saturated rings. The van der Waals surface area contributed by atoms with Gasteiger partial charge in [0.25, 0.3) is 0 Å². The van der Waals surface area contributed by atoms with Gasteiger partial charge >= 0.3 is 0 Å². The van der Waals surface area contributed by atoms with Crippen molar-refractivity contribution < 1.29 is 4.39 Å². The molecule has 0 N–H and O–H groups in total. The lowest BCUT2D eigenvalue weighted by atomic mass is 10.0.